The summed E-state index contributed by atoms with van der Waals surface area (Å²) in [4.78, 5) is 15.6. The molecule has 0 saturated carbocycles. The largest absolute Gasteiger partial charge is 0.340 e. The predicted octanol–water partition coefficient (Wildman–Crippen LogP) is 3.44. The van der Waals surface area contributed by atoms with Crippen LogP contribution in [0.4, 0.5) is 0 Å². The van der Waals surface area contributed by atoms with E-state index >= 15 is 0 Å². The number of sulfonamides is 1. The van der Waals surface area contributed by atoms with E-state index in [1.807, 2.05) is 18.2 Å². The van der Waals surface area contributed by atoms with Crippen molar-refractivity contribution in [1.29, 1.82) is 5.26 Å². The van der Waals surface area contributed by atoms with Gasteiger partial charge >= 0.3 is 0 Å². The molecule has 2 aromatic rings. The van der Waals surface area contributed by atoms with Crippen molar-refractivity contribution in [3.63, 3.8) is 0 Å². The van der Waals surface area contributed by atoms with Gasteiger partial charge in [0.2, 0.25) is 15.9 Å². The lowest BCUT2D eigenvalue weighted by molar-refractivity contribution is -0.135. The van der Waals surface area contributed by atoms with Crippen molar-refractivity contribution in [2.45, 2.75) is 24.3 Å². The molecule has 1 aliphatic rings. The van der Waals surface area contributed by atoms with Gasteiger partial charge in [-0.2, -0.15) is 9.57 Å². The second-order valence-electron chi connectivity index (χ2n) is 6.69. The highest BCUT2D eigenvalue weighted by Gasteiger charge is 2.34. The Bertz CT molecular complexity index is 1010. The van der Waals surface area contributed by atoms with E-state index < -0.39 is 10.0 Å². The number of hydrogen-bond donors (Lipinski definition) is 0. The number of benzene rings is 1. The molecular formula is C19H20BrN3O3S2. The van der Waals surface area contributed by atoms with E-state index in [-0.39, 0.29) is 35.4 Å². The van der Waals surface area contributed by atoms with Gasteiger partial charge in [0.25, 0.3) is 0 Å². The van der Waals surface area contributed by atoms with Crippen molar-refractivity contribution in [3.8, 4) is 6.07 Å². The van der Waals surface area contributed by atoms with E-state index in [1.54, 1.807) is 35.4 Å². The van der Waals surface area contributed by atoms with Crippen molar-refractivity contribution >= 4 is 43.2 Å². The molecule has 0 N–H and O–H groups in total. The van der Waals surface area contributed by atoms with Crippen molar-refractivity contribution in [3.05, 3.63) is 50.6 Å². The van der Waals surface area contributed by atoms with Gasteiger partial charge in [0.15, 0.2) is 0 Å². The minimum Gasteiger partial charge on any atom is -0.340 e. The number of piperidine rings is 1. The standard InChI is InChI=1S/C19H20BrN3O3S2/c1-22(13-16-6-7-18(20)27-16)19(24)14-8-10-23(11-9-14)28(25,26)17-5-3-2-4-15(17)12-21/h2-7,14H,8-11,13H2,1H3. The molecule has 0 atom stereocenters. The summed E-state index contributed by atoms with van der Waals surface area (Å²) in [6.45, 7) is 1.09. The number of nitriles is 1. The van der Waals surface area contributed by atoms with Gasteiger partial charge in [-0.25, -0.2) is 8.42 Å². The van der Waals surface area contributed by atoms with Gasteiger partial charge in [0.1, 0.15) is 6.07 Å². The van der Waals surface area contributed by atoms with E-state index in [0.29, 0.717) is 19.4 Å². The third kappa shape index (κ3) is 4.46. The topological polar surface area (TPSA) is 81.5 Å². The Morgan fingerprint density at radius 2 is 1.96 bits per heavy atom. The minimum atomic E-state index is -3.74. The van der Waals surface area contributed by atoms with Crippen LogP contribution in [-0.4, -0.2) is 43.7 Å². The number of nitrogens with zero attached hydrogens (tertiary/aromatic N) is 3. The van der Waals surface area contributed by atoms with Gasteiger partial charge < -0.3 is 4.90 Å². The maximum Gasteiger partial charge on any atom is 0.244 e. The van der Waals surface area contributed by atoms with Crippen LogP contribution in [0.15, 0.2) is 45.1 Å². The minimum absolute atomic E-state index is 0.0302. The van der Waals surface area contributed by atoms with Gasteiger partial charge in [0, 0.05) is 30.9 Å². The van der Waals surface area contributed by atoms with Crippen molar-refractivity contribution < 1.29 is 13.2 Å². The molecule has 0 unspecified atom stereocenters. The summed E-state index contributed by atoms with van der Waals surface area (Å²) < 4.78 is 28.2. The zero-order valence-corrected chi connectivity index (χ0v) is 18.6. The summed E-state index contributed by atoms with van der Waals surface area (Å²) >= 11 is 5.02. The van der Waals surface area contributed by atoms with Crippen LogP contribution in [0.3, 0.4) is 0 Å². The van der Waals surface area contributed by atoms with Crippen LogP contribution in [-0.2, 0) is 21.4 Å². The van der Waals surface area contributed by atoms with Gasteiger partial charge in [-0.05, 0) is 53.0 Å². The Morgan fingerprint density at radius 1 is 1.29 bits per heavy atom. The highest BCUT2D eigenvalue weighted by Crippen LogP contribution is 2.28. The summed E-state index contributed by atoms with van der Waals surface area (Å²) in [5, 5.41) is 9.19. The first kappa shape index (κ1) is 21.0. The number of amides is 1. The Hall–Kier alpha value is -1.73. The fraction of sp³-hybridized carbons (Fsp3) is 0.368. The quantitative estimate of drug-likeness (QED) is 0.654. The van der Waals surface area contributed by atoms with Gasteiger partial charge in [-0.1, -0.05) is 12.1 Å². The van der Waals surface area contributed by atoms with Crippen molar-refractivity contribution in [2.75, 3.05) is 20.1 Å². The van der Waals surface area contributed by atoms with Crippen molar-refractivity contribution in [1.82, 2.24) is 9.21 Å². The first-order valence-corrected chi connectivity index (χ1v) is 11.9. The van der Waals surface area contributed by atoms with Crippen molar-refractivity contribution in [2.24, 2.45) is 5.92 Å². The Balaban J connectivity index is 1.63. The van der Waals surface area contributed by atoms with Crippen LogP contribution >= 0.6 is 27.3 Å². The van der Waals surface area contributed by atoms with Crippen LogP contribution in [0.1, 0.15) is 23.3 Å². The molecule has 1 aliphatic heterocycles. The van der Waals surface area contributed by atoms with E-state index in [0.717, 1.165) is 8.66 Å². The number of carbonyl (C=O) groups is 1. The molecule has 0 radical (unpaired) electrons. The number of thiophene rings is 1. The summed E-state index contributed by atoms with van der Waals surface area (Å²) in [5.41, 5.74) is 0.141. The molecule has 3 rings (SSSR count). The fourth-order valence-electron chi connectivity index (χ4n) is 3.33. The second-order valence-corrected chi connectivity index (χ2v) is 11.1. The monoisotopic (exact) mass is 481 g/mol. The van der Waals surface area contributed by atoms with E-state index in [1.165, 1.54) is 16.4 Å². The third-order valence-electron chi connectivity index (χ3n) is 4.83. The molecule has 1 amide bonds. The second kappa shape index (κ2) is 8.74. The summed E-state index contributed by atoms with van der Waals surface area (Å²) in [5.74, 6) is -0.148. The van der Waals surface area contributed by atoms with E-state index in [9.17, 15) is 18.5 Å². The zero-order valence-electron chi connectivity index (χ0n) is 15.3. The summed E-state index contributed by atoms with van der Waals surface area (Å²) in [6, 6.07) is 12.1. The maximum absolute atomic E-state index is 12.9. The molecule has 0 bridgehead atoms. The Labute approximate surface area is 177 Å². The highest BCUT2D eigenvalue weighted by molar-refractivity contribution is 9.11. The summed E-state index contributed by atoms with van der Waals surface area (Å²) in [6.07, 6.45) is 0.955. The molecule has 2 heterocycles. The number of rotatable bonds is 5. The number of halogens is 1. The van der Waals surface area contributed by atoms with Gasteiger partial charge in [-0.15, -0.1) is 11.3 Å². The third-order valence-corrected chi connectivity index (χ3v) is 8.39. The molecule has 0 spiro atoms. The molecule has 28 heavy (non-hydrogen) atoms. The fourth-order valence-corrected chi connectivity index (χ4v) is 6.47. The van der Waals surface area contributed by atoms with Gasteiger partial charge in [0.05, 0.1) is 20.8 Å². The zero-order chi connectivity index (χ0) is 20.3. The first-order chi connectivity index (χ1) is 13.3. The highest BCUT2D eigenvalue weighted by atomic mass is 79.9. The molecule has 1 aromatic carbocycles. The average Bonchev–Trinajstić information content (AvgIpc) is 3.12. The molecule has 6 nitrogen and oxygen atoms in total. The lowest BCUT2D eigenvalue weighted by Crippen LogP contribution is -2.43. The lowest BCUT2D eigenvalue weighted by atomic mass is 9.96. The Morgan fingerprint density at radius 3 is 2.57 bits per heavy atom. The number of hydrogen-bond acceptors (Lipinski definition) is 5. The van der Waals surface area contributed by atoms with E-state index in [2.05, 4.69) is 15.9 Å². The summed E-state index contributed by atoms with van der Waals surface area (Å²) in [7, 11) is -1.96. The molecule has 0 aliphatic carbocycles. The predicted molar refractivity (Wildman–Crippen MR) is 111 cm³/mol. The smallest absolute Gasteiger partial charge is 0.244 e. The molecular weight excluding hydrogens is 462 g/mol. The number of carbonyl (C=O) groups excluding carboxylic acids is 1. The lowest BCUT2D eigenvalue weighted by Gasteiger charge is -2.32. The average molecular weight is 482 g/mol. The van der Waals surface area contributed by atoms with Crippen LogP contribution < -0.4 is 0 Å². The molecule has 148 valence electrons. The molecule has 1 aromatic heterocycles. The van der Waals surface area contributed by atoms with Crippen LogP contribution in [0.5, 0.6) is 0 Å². The molecule has 1 saturated heterocycles. The van der Waals surface area contributed by atoms with Gasteiger partial charge in [-0.3, -0.25) is 4.79 Å². The maximum atomic E-state index is 12.9. The molecule has 1 fully saturated rings. The normalized spacial score (nSPS) is 15.9. The van der Waals surface area contributed by atoms with Crippen LogP contribution in [0, 0.1) is 17.2 Å². The van der Waals surface area contributed by atoms with Crippen LogP contribution in [0.2, 0.25) is 0 Å². The SMILES string of the molecule is CN(Cc1ccc(Br)s1)C(=O)C1CCN(S(=O)(=O)c2ccccc2C#N)CC1. The van der Waals surface area contributed by atoms with Crippen LogP contribution in [0.25, 0.3) is 0 Å². The van der Waals surface area contributed by atoms with E-state index in [4.69, 9.17) is 0 Å². The molecule has 9 heteroatoms. The first-order valence-electron chi connectivity index (χ1n) is 8.81. The Kier molecular flexibility index (Phi) is 6.55.